The number of hydrogen-bond acceptors (Lipinski definition) is 7. The van der Waals surface area contributed by atoms with Crippen molar-refractivity contribution >= 4 is 0 Å². The van der Waals surface area contributed by atoms with Crippen LogP contribution in [0.4, 0.5) is 0 Å². The lowest BCUT2D eigenvalue weighted by molar-refractivity contribution is 0.305. The average Bonchev–Trinajstić information content (AvgIpc) is 3.52. The Labute approximate surface area is 203 Å². The van der Waals surface area contributed by atoms with E-state index < -0.39 is 0 Å². The molecule has 0 saturated carbocycles. The third kappa shape index (κ3) is 8.67. The second-order valence-corrected chi connectivity index (χ2v) is 7.47. The zero-order valence-corrected chi connectivity index (χ0v) is 20.6. The van der Waals surface area contributed by atoms with Crippen LogP contribution in [0.25, 0.3) is 0 Å². The first-order valence-electron chi connectivity index (χ1n) is 12.0. The first kappa shape index (κ1) is 27.1. The van der Waals surface area contributed by atoms with E-state index in [0.29, 0.717) is 25.5 Å². The van der Waals surface area contributed by atoms with Crippen molar-refractivity contribution in [1.29, 1.82) is 0 Å². The quantitative estimate of drug-likeness (QED) is 0.277. The van der Waals surface area contributed by atoms with Crippen LogP contribution in [0.2, 0.25) is 0 Å². The minimum absolute atomic E-state index is 0.129. The average molecular weight is 467 g/mol. The van der Waals surface area contributed by atoms with Gasteiger partial charge in [0.15, 0.2) is 0 Å². The van der Waals surface area contributed by atoms with Gasteiger partial charge < -0.3 is 30.6 Å². The van der Waals surface area contributed by atoms with Crippen molar-refractivity contribution in [1.82, 2.24) is 20.0 Å². The van der Waals surface area contributed by atoms with E-state index in [9.17, 15) is 0 Å². The molecule has 0 saturated heterocycles. The van der Waals surface area contributed by atoms with Gasteiger partial charge in [0.2, 0.25) is 5.76 Å². The molecule has 0 aliphatic rings. The number of ether oxygens (including phenoxy) is 1. The zero-order valence-electron chi connectivity index (χ0n) is 20.6. The second-order valence-electron chi connectivity index (χ2n) is 7.47. The molecule has 1 aromatic carbocycles. The highest BCUT2D eigenvalue weighted by molar-refractivity contribution is 5.42. The zero-order chi connectivity index (χ0) is 24.6. The summed E-state index contributed by atoms with van der Waals surface area (Å²) >= 11 is 0. The fourth-order valence-corrected chi connectivity index (χ4v) is 3.31. The molecule has 3 aromatic rings. The van der Waals surface area contributed by atoms with E-state index in [0.717, 1.165) is 55.2 Å². The van der Waals surface area contributed by atoms with Gasteiger partial charge in [0.25, 0.3) is 0 Å². The lowest BCUT2D eigenvalue weighted by Crippen LogP contribution is -2.23. The van der Waals surface area contributed by atoms with Crippen molar-refractivity contribution in [3.05, 3.63) is 65.6 Å². The molecule has 184 valence electrons. The van der Waals surface area contributed by atoms with Gasteiger partial charge in [-0.2, -0.15) is 0 Å². The first-order valence-corrected chi connectivity index (χ1v) is 12.0. The minimum Gasteiger partial charge on any atom is -0.494 e. The molecule has 0 aliphatic heterocycles. The molecule has 5 N–H and O–H groups in total. The smallest absolute Gasteiger partial charge is 0.210 e. The van der Waals surface area contributed by atoms with E-state index in [1.807, 2.05) is 61.9 Å². The van der Waals surface area contributed by atoms with Crippen molar-refractivity contribution < 1.29 is 9.26 Å². The number of nitrogens with two attached hydrogens (primary N) is 2. The first-order chi connectivity index (χ1) is 16.7. The fraction of sp³-hybridized carbons (Fsp3) is 0.462. The predicted molar refractivity (Wildman–Crippen MR) is 136 cm³/mol. The Kier molecular flexibility index (Phi) is 12.5. The Balaban J connectivity index is 0.00000199. The van der Waals surface area contributed by atoms with E-state index in [-0.39, 0.29) is 6.04 Å². The summed E-state index contributed by atoms with van der Waals surface area (Å²) in [5.41, 5.74) is 13.0. The van der Waals surface area contributed by atoms with Crippen LogP contribution >= 0.6 is 0 Å². The van der Waals surface area contributed by atoms with E-state index in [1.54, 1.807) is 6.20 Å². The van der Waals surface area contributed by atoms with Gasteiger partial charge in [0.05, 0.1) is 12.6 Å². The highest BCUT2D eigenvalue weighted by Crippen LogP contribution is 2.19. The Morgan fingerprint density at radius 2 is 1.88 bits per heavy atom. The summed E-state index contributed by atoms with van der Waals surface area (Å²) in [6.07, 6.45) is 6.93. The molecule has 1 unspecified atom stereocenters. The third-order valence-electron chi connectivity index (χ3n) is 5.06. The summed E-state index contributed by atoms with van der Waals surface area (Å²) in [5, 5.41) is 7.44. The van der Waals surface area contributed by atoms with Crippen LogP contribution in [0, 0.1) is 18.8 Å². The second kappa shape index (κ2) is 15.7. The normalized spacial score (nSPS) is 11.2. The molecule has 0 bridgehead atoms. The Bertz CT molecular complexity index is 1000. The lowest BCUT2D eigenvalue weighted by Gasteiger charge is -2.14. The summed E-state index contributed by atoms with van der Waals surface area (Å²) in [7, 11) is 0. The summed E-state index contributed by atoms with van der Waals surface area (Å²) in [6, 6.07) is 9.44. The van der Waals surface area contributed by atoms with Crippen LogP contribution in [0.15, 0.2) is 47.2 Å². The van der Waals surface area contributed by atoms with Gasteiger partial charge >= 0.3 is 0 Å². The number of aromatic nitrogens is 3. The Hall–Kier alpha value is -3.12. The van der Waals surface area contributed by atoms with E-state index in [2.05, 4.69) is 27.3 Å². The van der Waals surface area contributed by atoms with Crippen LogP contribution in [-0.2, 0) is 0 Å². The molecule has 1 atom stereocenters. The van der Waals surface area contributed by atoms with E-state index in [4.69, 9.17) is 20.7 Å². The topological polar surface area (TPSA) is 117 Å². The Morgan fingerprint density at radius 3 is 2.56 bits per heavy atom. The number of aryl methyl sites for hydroxylation is 1. The van der Waals surface area contributed by atoms with Gasteiger partial charge in [-0.3, -0.25) is 0 Å². The van der Waals surface area contributed by atoms with Crippen molar-refractivity contribution in [2.24, 2.45) is 11.5 Å². The third-order valence-corrected chi connectivity index (χ3v) is 5.06. The highest BCUT2D eigenvalue weighted by Gasteiger charge is 2.17. The molecule has 2 heterocycles. The van der Waals surface area contributed by atoms with Gasteiger partial charge in [-0.05, 0) is 62.9 Å². The molecule has 0 aliphatic carbocycles. The van der Waals surface area contributed by atoms with Crippen LogP contribution in [0.3, 0.4) is 0 Å². The minimum atomic E-state index is -0.129. The van der Waals surface area contributed by atoms with Crippen molar-refractivity contribution in [3.8, 4) is 17.6 Å². The van der Waals surface area contributed by atoms with Gasteiger partial charge in [-0.15, -0.1) is 0 Å². The molecule has 0 fully saturated rings. The number of nitrogens with one attached hydrogen (secondary N) is 1. The monoisotopic (exact) mass is 466 g/mol. The van der Waals surface area contributed by atoms with E-state index >= 15 is 0 Å². The molecule has 34 heavy (non-hydrogen) atoms. The SMILES string of the molecule is CC.Cc1nccn1C(CN)c1cc(C#Cc2ccc(OCCCCCNCCN)cc2)on1. The molecular weight excluding hydrogens is 428 g/mol. The maximum atomic E-state index is 5.94. The van der Waals surface area contributed by atoms with Crippen LogP contribution in [0.1, 0.15) is 62.0 Å². The van der Waals surface area contributed by atoms with Crippen LogP contribution < -0.4 is 21.5 Å². The van der Waals surface area contributed by atoms with Crippen molar-refractivity contribution in [2.45, 2.75) is 46.1 Å². The fourth-order valence-electron chi connectivity index (χ4n) is 3.31. The maximum Gasteiger partial charge on any atom is 0.210 e. The molecule has 0 amide bonds. The summed E-state index contributed by atoms with van der Waals surface area (Å²) in [4.78, 5) is 4.25. The van der Waals surface area contributed by atoms with Crippen molar-refractivity contribution in [3.63, 3.8) is 0 Å². The number of nitrogens with zero attached hydrogens (tertiary/aromatic N) is 3. The van der Waals surface area contributed by atoms with Gasteiger partial charge in [-0.1, -0.05) is 24.9 Å². The lowest BCUT2D eigenvalue weighted by atomic mass is 10.2. The largest absolute Gasteiger partial charge is 0.494 e. The van der Waals surface area contributed by atoms with Gasteiger partial charge in [-0.25, -0.2) is 4.98 Å². The predicted octanol–water partition coefficient (Wildman–Crippen LogP) is 3.25. The number of rotatable bonds is 12. The molecule has 3 rings (SSSR count). The number of hydrogen-bond donors (Lipinski definition) is 3. The van der Waals surface area contributed by atoms with Crippen LogP contribution in [-0.4, -0.2) is 47.5 Å². The molecule has 2 aromatic heterocycles. The summed E-state index contributed by atoms with van der Waals surface area (Å²) < 4.78 is 13.2. The molecule has 8 nitrogen and oxygen atoms in total. The van der Waals surface area contributed by atoms with Gasteiger partial charge in [0.1, 0.15) is 17.3 Å². The number of imidazole rings is 1. The van der Waals surface area contributed by atoms with Crippen LogP contribution in [0.5, 0.6) is 5.75 Å². The van der Waals surface area contributed by atoms with Gasteiger partial charge in [0, 0.05) is 43.7 Å². The molecule has 8 heteroatoms. The summed E-state index contributed by atoms with van der Waals surface area (Å²) in [5.74, 6) is 8.34. The maximum absolute atomic E-state index is 5.94. The van der Waals surface area contributed by atoms with Crippen molar-refractivity contribution in [2.75, 3.05) is 32.8 Å². The summed E-state index contributed by atoms with van der Waals surface area (Å²) in [6.45, 7) is 9.60. The Morgan fingerprint density at radius 1 is 1.09 bits per heavy atom. The standard InChI is InChI=1S/C24H32N6O2.C2H6/c1-19-28-14-15-30(19)24(18-26)23-17-22(32-29-23)10-7-20-5-8-21(9-6-20)31-16-4-2-3-12-27-13-11-25;1-2/h5-6,8-9,14-15,17,24,27H,2-4,11-13,16,18,25-26H2,1H3;1-2H3. The van der Waals surface area contributed by atoms with E-state index in [1.165, 1.54) is 0 Å². The molecule has 0 radical (unpaired) electrons. The highest BCUT2D eigenvalue weighted by atomic mass is 16.5. The number of benzene rings is 1. The molecule has 0 spiro atoms. The number of unbranched alkanes of at least 4 members (excludes halogenated alkanes) is 2. The molecular formula is C26H38N6O2.